The monoisotopic (exact) mass is 382 g/mol. The van der Waals surface area contributed by atoms with Crippen molar-refractivity contribution in [1.29, 1.82) is 0 Å². The Morgan fingerprint density at radius 1 is 1.11 bits per heavy atom. The first-order valence-corrected chi connectivity index (χ1v) is 10.3. The predicted octanol–water partition coefficient (Wildman–Crippen LogP) is 4.37. The number of fused-ring (bicyclic) bond motifs is 1. The van der Waals surface area contributed by atoms with E-state index in [1.54, 1.807) is 0 Å². The number of anilines is 2. The third-order valence-electron chi connectivity index (χ3n) is 5.66. The van der Waals surface area contributed by atoms with Crippen LogP contribution in [0, 0.1) is 5.92 Å². The lowest BCUT2D eigenvalue weighted by Crippen LogP contribution is -2.49. The summed E-state index contributed by atoms with van der Waals surface area (Å²) in [5.41, 5.74) is 2.74. The molecule has 0 spiro atoms. The molecule has 152 valence electrons. The summed E-state index contributed by atoms with van der Waals surface area (Å²) in [6.45, 7) is 13.9. The number of hydrogen-bond donors (Lipinski definition) is 2. The van der Waals surface area contributed by atoms with Gasteiger partial charge in [-0.05, 0) is 37.3 Å². The first kappa shape index (κ1) is 20.6. The van der Waals surface area contributed by atoms with Crippen LogP contribution in [0.3, 0.4) is 0 Å². The highest BCUT2D eigenvalue weighted by molar-refractivity contribution is 5.54. The van der Waals surface area contributed by atoms with Crippen LogP contribution in [0.1, 0.15) is 64.4 Å². The molecule has 0 unspecified atom stereocenters. The van der Waals surface area contributed by atoms with Crippen LogP contribution in [0.5, 0.6) is 0 Å². The van der Waals surface area contributed by atoms with Gasteiger partial charge >= 0.3 is 0 Å². The summed E-state index contributed by atoms with van der Waals surface area (Å²) in [6.07, 6.45) is 0.984. The maximum Gasteiger partial charge on any atom is 0.135 e. The summed E-state index contributed by atoms with van der Waals surface area (Å²) >= 11 is 0. The van der Waals surface area contributed by atoms with Gasteiger partial charge in [-0.15, -0.1) is 0 Å². The lowest BCUT2D eigenvalue weighted by atomic mass is 9.85. The Hall–Kier alpha value is -2.14. The van der Waals surface area contributed by atoms with Gasteiger partial charge in [-0.2, -0.15) is 0 Å². The molecule has 2 N–H and O–H groups in total. The van der Waals surface area contributed by atoms with Crippen molar-refractivity contribution >= 4 is 11.6 Å². The number of aliphatic hydroxyl groups excluding tert-OH is 1. The average Bonchev–Trinajstić information content (AvgIpc) is 2.64. The summed E-state index contributed by atoms with van der Waals surface area (Å²) in [7, 11) is 0. The van der Waals surface area contributed by atoms with E-state index < -0.39 is 0 Å². The normalized spacial score (nSPS) is 17.0. The highest BCUT2D eigenvalue weighted by Gasteiger charge is 2.34. The summed E-state index contributed by atoms with van der Waals surface area (Å²) in [4.78, 5) is 12.0. The van der Waals surface area contributed by atoms with E-state index in [2.05, 4.69) is 76.0 Å². The Morgan fingerprint density at radius 3 is 2.39 bits per heavy atom. The molecule has 5 nitrogen and oxygen atoms in total. The fourth-order valence-electron chi connectivity index (χ4n) is 3.76. The second kappa shape index (κ2) is 8.08. The predicted molar refractivity (Wildman–Crippen MR) is 116 cm³/mol. The van der Waals surface area contributed by atoms with Gasteiger partial charge in [0.25, 0.3) is 0 Å². The Labute approximate surface area is 169 Å². The van der Waals surface area contributed by atoms with Crippen LogP contribution >= 0.6 is 0 Å². The van der Waals surface area contributed by atoms with Gasteiger partial charge in [-0.1, -0.05) is 52.0 Å². The maximum atomic E-state index is 9.73. The topological polar surface area (TPSA) is 61.3 Å². The Bertz CT molecular complexity index is 816. The molecule has 3 rings (SSSR count). The molecule has 0 saturated heterocycles. The highest BCUT2D eigenvalue weighted by Crippen LogP contribution is 2.35. The fraction of sp³-hybridized carbons (Fsp3) is 0.565. The van der Waals surface area contributed by atoms with Crippen LogP contribution in [-0.4, -0.2) is 33.3 Å². The standard InChI is InChI=1S/C23H34N4O/c1-15(2)19(14-28)24-20-11-21(26-22(25-20)16(3)4)27-13-18-10-8-7-9-17(18)12-23(27,5)6/h7-11,15-16,19,28H,12-14H2,1-6H3,(H,24,25,26)/t19-/m1/s1. The summed E-state index contributed by atoms with van der Waals surface area (Å²) in [5, 5.41) is 13.2. The number of nitrogens with zero attached hydrogens (tertiary/aromatic N) is 3. The van der Waals surface area contributed by atoms with Crippen molar-refractivity contribution in [3.63, 3.8) is 0 Å². The van der Waals surface area contributed by atoms with Gasteiger partial charge in [0, 0.05) is 24.1 Å². The van der Waals surface area contributed by atoms with Gasteiger partial charge < -0.3 is 15.3 Å². The van der Waals surface area contributed by atoms with E-state index in [9.17, 15) is 5.11 Å². The second-order valence-electron chi connectivity index (χ2n) is 9.15. The molecule has 1 aliphatic heterocycles. The van der Waals surface area contributed by atoms with E-state index in [-0.39, 0.29) is 24.1 Å². The minimum absolute atomic E-state index is 0.0298. The molecule has 0 aliphatic carbocycles. The molecule has 0 bridgehead atoms. The van der Waals surface area contributed by atoms with E-state index in [4.69, 9.17) is 9.97 Å². The van der Waals surface area contributed by atoms with Crippen LogP contribution in [-0.2, 0) is 13.0 Å². The molecule has 0 amide bonds. The zero-order valence-corrected chi connectivity index (χ0v) is 18.0. The van der Waals surface area contributed by atoms with E-state index in [1.165, 1.54) is 11.1 Å². The second-order valence-corrected chi connectivity index (χ2v) is 9.15. The highest BCUT2D eigenvalue weighted by atomic mass is 16.3. The Balaban J connectivity index is 2.00. The van der Waals surface area contributed by atoms with Gasteiger partial charge in [0.15, 0.2) is 0 Å². The third-order valence-corrected chi connectivity index (χ3v) is 5.66. The van der Waals surface area contributed by atoms with Crippen molar-refractivity contribution < 1.29 is 5.11 Å². The molecule has 2 heterocycles. The maximum absolute atomic E-state index is 9.73. The minimum atomic E-state index is -0.0390. The molecule has 28 heavy (non-hydrogen) atoms. The average molecular weight is 383 g/mol. The first-order chi connectivity index (χ1) is 13.2. The lowest BCUT2D eigenvalue weighted by Gasteiger charge is -2.44. The van der Waals surface area contributed by atoms with E-state index in [0.29, 0.717) is 5.92 Å². The van der Waals surface area contributed by atoms with Gasteiger partial charge in [0.1, 0.15) is 17.5 Å². The van der Waals surface area contributed by atoms with Gasteiger partial charge in [0.2, 0.25) is 0 Å². The lowest BCUT2D eigenvalue weighted by molar-refractivity contribution is 0.249. The van der Waals surface area contributed by atoms with Crippen molar-refractivity contribution in [1.82, 2.24) is 9.97 Å². The van der Waals surface area contributed by atoms with Gasteiger partial charge in [0.05, 0.1) is 12.6 Å². The number of aliphatic hydroxyl groups is 1. The molecule has 2 aromatic rings. The molecule has 1 aromatic carbocycles. The molecule has 5 heteroatoms. The zero-order valence-electron chi connectivity index (χ0n) is 18.0. The molecule has 0 saturated carbocycles. The summed E-state index contributed by atoms with van der Waals surface area (Å²) in [5.74, 6) is 3.10. The number of hydrogen-bond acceptors (Lipinski definition) is 5. The summed E-state index contributed by atoms with van der Waals surface area (Å²) < 4.78 is 0. The van der Waals surface area contributed by atoms with Crippen molar-refractivity contribution in [2.45, 2.75) is 72.0 Å². The molecular weight excluding hydrogens is 348 g/mol. The van der Waals surface area contributed by atoms with Crippen LogP contribution in [0.15, 0.2) is 30.3 Å². The zero-order chi connectivity index (χ0) is 20.5. The van der Waals surface area contributed by atoms with Crippen LogP contribution in [0.4, 0.5) is 11.6 Å². The molecule has 1 aliphatic rings. The van der Waals surface area contributed by atoms with E-state index in [0.717, 1.165) is 30.4 Å². The van der Waals surface area contributed by atoms with Crippen molar-refractivity contribution in [3.05, 3.63) is 47.3 Å². The van der Waals surface area contributed by atoms with Crippen molar-refractivity contribution in [2.75, 3.05) is 16.8 Å². The SMILES string of the molecule is CC(C)c1nc(N[C@H](CO)C(C)C)cc(N2Cc3ccccc3CC2(C)C)n1. The molecule has 0 radical (unpaired) electrons. The largest absolute Gasteiger partial charge is 0.394 e. The molecule has 1 aromatic heterocycles. The van der Waals surface area contributed by atoms with E-state index in [1.807, 2.05) is 6.07 Å². The number of benzene rings is 1. The Morgan fingerprint density at radius 2 is 1.79 bits per heavy atom. The quantitative estimate of drug-likeness (QED) is 0.777. The molecular formula is C23H34N4O. The van der Waals surface area contributed by atoms with Crippen LogP contribution < -0.4 is 10.2 Å². The van der Waals surface area contributed by atoms with Crippen molar-refractivity contribution in [3.8, 4) is 0 Å². The van der Waals surface area contributed by atoms with Crippen molar-refractivity contribution in [2.24, 2.45) is 5.92 Å². The fourth-order valence-corrected chi connectivity index (χ4v) is 3.76. The number of aromatic nitrogens is 2. The van der Waals surface area contributed by atoms with Gasteiger partial charge in [-0.25, -0.2) is 9.97 Å². The summed E-state index contributed by atoms with van der Waals surface area (Å²) in [6, 6.07) is 10.7. The van der Waals surface area contributed by atoms with Crippen LogP contribution in [0.2, 0.25) is 0 Å². The Kier molecular flexibility index (Phi) is 5.94. The van der Waals surface area contributed by atoms with Gasteiger partial charge in [-0.3, -0.25) is 0 Å². The number of rotatable bonds is 6. The minimum Gasteiger partial charge on any atom is -0.394 e. The number of nitrogens with one attached hydrogen (secondary N) is 1. The molecule has 0 fully saturated rings. The first-order valence-electron chi connectivity index (χ1n) is 10.3. The third kappa shape index (κ3) is 4.30. The van der Waals surface area contributed by atoms with Crippen LogP contribution in [0.25, 0.3) is 0 Å². The van der Waals surface area contributed by atoms with E-state index >= 15 is 0 Å². The smallest absolute Gasteiger partial charge is 0.135 e. The molecule has 1 atom stereocenters.